The number of hydrogen-bond donors (Lipinski definition) is 1. The van der Waals surface area contributed by atoms with Gasteiger partial charge in [0, 0.05) is 13.1 Å². The van der Waals surface area contributed by atoms with Crippen molar-refractivity contribution in [3.05, 3.63) is 108 Å². The van der Waals surface area contributed by atoms with Crippen LogP contribution in [0.25, 0.3) is 0 Å². The van der Waals surface area contributed by atoms with Crippen LogP contribution in [0.4, 0.5) is 0 Å². The maximum Gasteiger partial charge on any atom is 0.254 e. The van der Waals surface area contributed by atoms with Crippen molar-refractivity contribution in [2.24, 2.45) is 0 Å². The lowest BCUT2D eigenvalue weighted by molar-refractivity contribution is -0.201. The van der Waals surface area contributed by atoms with E-state index in [1.165, 1.54) is 0 Å². The predicted octanol–water partition coefficient (Wildman–Crippen LogP) is 5.20. The minimum absolute atomic E-state index is 0.139. The molecular weight excluding hydrogens is 574 g/mol. The SMILES string of the molecule is CC(COCc1ccccc1)(O[Si](C)(C)C)[C@@H](OCc1ccccc1)[C@H](O)[C@@H](OCc1ccccc1)C(=O)N1CCOCC1. The molecule has 1 aliphatic heterocycles. The molecule has 0 radical (unpaired) electrons. The van der Waals surface area contributed by atoms with E-state index in [9.17, 15) is 9.90 Å². The lowest BCUT2D eigenvalue weighted by Crippen LogP contribution is -2.62. The Morgan fingerprint density at radius 1 is 0.818 bits per heavy atom. The number of ether oxygens (including phenoxy) is 4. The molecule has 8 nitrogen and oxygen atoms in total. The van der Waals surface area contributed by atoms with Gasteiger partial charge in [-0.25, -0.2) is 0 Å². The van der Waals surface area contributed by atoms with Crippen molar-refractivity contribution in [2.75, 3.05) is 32.9 Å². The summed E-state index contributed by atoms with van der Waals surface area (Å²) < 4.78 is 31.4. The number of morpholine rings is 1. The fourth-order valence-electron chi connectivity index (χ4n) is 5.41. The average molecular weight is 622 g/mol. The minimum Gasteiger partial charge on any atom is -0.407 e. The number of carbonyl (C=O) groups excluding carboxylic acids is 1. The Hall–Kier alpha value is -2.89. The first-order valence-corrected chi connectivity index (χ1v) is 18.7. The molecule has 0 spiro atoms. The second-order valence-electron chi connectivity index (χ2n) is 12.4. The molecule has 1 N–H and O–H groups in total. The molecule has 3 aromatic carbocycles. The van der Waals surface area contributed by atoms with E-state index in [1.54, 1.807) is 4.90 Å². The highest BCUT2D eigenvalue weighted by Crippen LogP contribution is 2.31. The Labute approximate surface area is 263 Å². The summed E-state index contributed by atoms with van der Waals surface area (Å²) in [6.07, 6.45) is -3.52. The number of carbonyl (C=O) groups is 1. The van der Waals surface area contributed by atoms with Crippen molar-refractivity contribution in [3.8, 4) is 0 Å². The van der Waals surface area contributed by atoms with Crippen LogP contribution >= 0.6 is 0 Å². The Balaban J connectivity index is 1.66. The molecule has 238 valence electrons. The molecule has 4 rings (SSSR count). The summed E-state index contributed by atoms with van der Waals surface area (Å²) >= 11 is 0. The van der Waals surface area contributed by atoms with E-state index >= 15 is 0 Å². The Morgan fingerprint density at radius 2 is 1.30 bits per heavy atom. The van der Waals surface area contributed by atoms with Crippen LogP contribution < -0.4 is 0 Å². The zero-order valence-corrected chi connectivity index (χ0v) is 27.4. The number of rotatable bonds is 16. The molecule has 1 heterocycles. The lowest BCUT2D eigenvalue weighted by atomic mass is 9.91. The summed E-state index contributed by atoms with van der Waals surface area (Å²) in [4.78, 5) is 15.7. The van der Waals surface area contributed by atoms with Gasteiger partial charge in [-0.1, -0.05) is 91.0 Å². The molecule has 0 aromatic heterocycles. The standard InChI is InChI=1S/C35H47NO7Si/c1-35(43-44(2,3)4,27-40-24-28-14-8-5-9-15-28)33(42-26-30-18-12-7-13-19-30)31(37)32(34(38)36-20-22-39-23-21-36)41-25-29-16-10-6-11-17-29/h5-19,31-33,37H,20-27H2,1-4H3/t31-,32-,33+,35?/m1/s1. The summed E-state index contributed by atoms with van der Waals surface area (Å²) in [5, 5.41) is 12.2. The van der Waals surface area contributed by atoms with E-state index in [2.05, 4.69) is 19.6 Å². The van der Waals surface area contributed by atoms with Crippen LogP contribution in [0.1, 0.15) is 23.6 Å². The van der Waals surface area contributed by atoms with Crippen molar-refractivity contribution >= 4 is 14.2 Å². The molecule has 1 unspecified atom stereocenters. The van der Waals surface area contributed by atoms with Crippen molar-refractivity contribution in [2.45, 2.75) is 70.3 Å². The van der Waals surface area contributed by atoms with Crippen LogP contribution in [0.3, 0.4) is 0 Å². The molecule has 1 amide bonds. The maximum atomic E-state index is 14.0. The Kier molecular flexibility index (Phi) is 12.7. The first kappa shape index (κ1) is 34.0. The molecule has 0 saturated carbocycles. The van der Waals surface area contributed by atoms with Gasteiger partial charge in [0.2, 0.25) is 0 Å². The van der Waals surface area contributed by atoms with Crippen LogP contribution in [0, 0.1) is 0 Å². The Bertz CT molecular complexity index is 1250. The highest BCUT2D eigenvalue weighted by Gasteiger charge is 2.49. The molecule has 0 bridgehead atoms. The topological polar surface area (TPSA) is 86.7 Å². The van der Waals surface area contributed by atoms with Gasteiger partial charge in [-0.15, -0.1) is 0 Å². The number of nitrogens with zero attached hydrogens (tertiary/aromatic N) is 1. The normalized spacial score (nSPS) is 17.4. The van der Waals surface area contributed by atoms with Crippen molar-refractivity contribution in [3.63, 3.8) is 0 Å². The van der Waals surface area contributed by atoms with E-state index in [0.29, 0.717) is 32.9 Å². The quantitative estimate of drug-likeness (QED) is 0.220. The summed E-state index contributed by atoms with van der Waals surface area (Å²) in [5.74, 6) is -0.300. The summed E-state index contributed by atoms with van der Waals surface area (Å²) in [5.41, 5.74) is 1.75. The maximum absolute atomic E-state index is 14.0. The third-order valence-corrected chi connectivity index (χ3v) is 8.45. The number of benzene rings is 3. The number of hydrogen-bond acceptors (Lipinski definition) is 7. The highest BCUT2D eigenvalue weighted by molar-refractivity contribution is 6.69. The van der Waals surface area contributed by atoms with E-state index in [0.717, 1.165) is 16.7 Å². The number of aliphatic hydroxyl groups excluding tert-OH is 1. The smallest absolute Gasteiger partial charge is 0.254 e. The average Bonchev–Trinajstić information content (AvgIpc) is 3.02. The van der Waals surface area contributed by atoms with E-state index in [-0.39, 0.29) is 25.7 Å². The molecule has 9 heteroatoms. The second-order valence-corrected chi connectivity index (χ2v) is 16.8. The molecule has 1 fully saturated rings. The molecule has 1 aliphatic rings. The predicted molar refractivity (Wildman–Crippen MR) is 172 cm³/mol. The summed E-state index contributed by atoms with van der Waals surface area (Å²) in [6, 6.07) is 29.3. The fourth-order valence-corrected chi connectivity index (χ4v) is 6.98. The minimum atomic E-state index is -2.23. The second kappa shape index (κ2) is 16.4. The Morgan fingerprint density at radius 3 is 1.80 bits per heavy atom. The monoisotopic (exact) mass is 621 g/mol. The molecule has 1 saturated heterocycles. The zero-order valence-electron chi connectivity index (χ0n) is 26.4. The summed E-state index contributed by atoms with van der Waals surface area (Å²) in [6.45, 7) is 10.8. The molecule has 3 aromatic rings. The molecule has 0 aliphatic carbocycles. The zero-order chi connectivity index (χ0) is 31.4. The van der Waals surface area contributed by atoms with Crippen molar-refractivity contribution in [1.29, 1.82) is 0 Å². The van der Waals surface area contributed by atoms with Crippen LogP contribution in [-0.2, 0) is 48.0 Å². The van der Waals surface area contributed by atoms with Crippen molar-refractivity contribution < 1.29 is 33.3 Å². The largest absolute Gasteiger partial charge is 0.407 e. The first-order valence-electron chi connectivity index (χ1n) is 15.3. The first-order chi connectivity index (χ1) is 21.1. The van der Waals surface area contributed by atoms with E-state index < -0.39 is 32.2 Å². The number of aliphatic hydroxyl groups is 1. The van der Waals surface area contributed by atoms with Gasteiger partial charge in [0.25, 0.3) is 5.91 Å². The van der Waals surface area contributed by atoms with Crippen LogP contribution in [0.5, 0.6) is 0 Å². The van der Waals surface area contributed by atoms with Gasteiger partial charge in [0.15, 0.2) is 14.4 Å². The third-order valence-electron chi connectivity index (χ3n) is 7.37. The highest BCUT2D eigenvalue weighted by atomic mass is 28.4. The van der Waals surface area contributed by atoms with Gasteiger partial charge in [-0.05, 0) is 43.3 Å². The van der Waals surface area contributed by atoms with Gasteiger partial charge in [-0.2, -0.15) is 0 Å². The van der Waals surface area contributed by atoms with E-state index in [1.807, 2.05) is 97.9 Å². The molecule has 4 atom stereocenters. The van der Waals surface area contributed by atoms with Gasteiger partial charge < -0.3 is 33.4 Å². The third kappa shape index (κ3) is 10.3. The molecular formula is C35H47NO7Si. The fraction of sp³-hybridized carbons (Fsp3) is 0.457. The molecule has 44 heavy (non-hydrogen) atoms. The lowest BCUT2D eigenvalue weighted by Gasteiger charge is -2.45. The van der Waals surface area contributed by atoms with E-state index in [4.69, 9.17) is 23.4 Å². The van der Waals surface area contributed by atoms with Crippen LogP contribution in [0.15, 0.2) is 91.0 Å². The van der Waals surface area contributed by atoms with Gasteiger partial charge in [-0.3, -0.25) is 4.79 Å². The van der Waals surface area contributed by atoms with Gasteiger partial charge in [0.1, 0.15) is 17.8 Å². The number of amides is 1. The van der Waals surface area contributed by atoms with Crippen molar-refractivity contribution in [1.82, 2.24) is 4.90 Å². The van der Waals surface area contributed by atoms with Crippen LogP contribution in [-0.4, -0.2) is 81.1 Å². The van der Waals surface area contributed by atoms with Crippen LogP contribution in [0.2, 0.25) is 19.6 Å². The van der Waals surface area contributed by atoms with Gasteiger partial charge in [0.05, 0.1) is 39.6 Å². The van der Waals surface area contributed by atoms with Gasteiger partial charge >= 0.3 is 0 Å². The summed E-state index contributed by atoms with van der Waals surface area (Å²) in [7, 11) is -2.23.